The Kier molecular flexibility index (Phi) is 4.59. The molecule has 0 aliphatic rings. The molecule has 1 amide bonds. The second-order valence-corrected chi connectivity index (χ2v) is 3.54. The molecular formula is C10H9Cl2NO2. The van der Waals surface area contributed by atoms with Gasteiger partial charge in [0.1, 0.15) is 5.88 Å². The van der Waals surface area contributed by atoms with E-state index in [0.29, 0.717) is 10.6 Å². The highest BCUT2D eigenvalue weighted by atomic mass is 35.5. The third kappa shape index (κ3) is 3.90. The first-order chi connectivity index (χ1) is 7.13. The number of rotatable bonds is 4. The molecule has 1 aromatic carbocycles. The Labute approximate surface area is 97.4 Å². The summed E-state index contributed by atoms with van der Waals surface area (Å²) in [4.78, 5) is 22.3. The highest BCUT2D eigenvalue weighted by molar-refractivity contribution is 6.30. The molecule has 15 heavy (non-hydrogen) atoms. The molecule has 0 saturated heterocycles. The molecule has 0 saturated carbocycles. The fourth-order valence-corrected chi connectivity index (χ4v) is 1.18. The number of Topliss-reactive ketones (excluding diaryl/α,β-unsaturated/α-hetero) is 1. The maximum atomic E-state index is 11.5. The average molecular weight is 246 g/mol. The van der Waals surface area contributed by atoms with Crippen LogP contribution in [0.2, 0.25) is 5.02 Å². The van der Waals surface area contributed by atoms with E-state index in [2.05, 4.69) is 5.32 Å². The maximum absolute atomic E-state index is 11.5. The van der Waals surface area contributed by atoms with Gasteiger partial charge in [-0.15, -0.1) is 11.6 Å². The minimum Gasteiger partial charge on any atom is -0.348 e. The quantitative estimate of drug-likeness (QED) is 0.651. The van der Waals surface area contributed by atoms with Crippen molar-refractivity contribution in [2.45, 2.75) is 0 Å². The smallest absolute Gasteiger partial charge is 0.235 e. The van der Waals surface area contributed by atoms with E-state index in [1.165, 1.54) is 0 Å². The molecule has 0 fully saturated rings. The van der Waals surface area contributed by atoms with Crippen molar-refractivity contribution in [2.24, 2.45) is 0 Å². The van der Waals surface area contributed by atoms with Gasteiger partial charge >= 0.3 is 0 Å². The van der Waals surface area contributed by atoms with Crippen molar-refractivity contribution < 1.29 is 9.59 Å². The Balaban J connectivity index is 2.54. The monoisotopic (exact) mass is 245 g/mol. The fourth-order valence-electron chi connectivity index (χ4n) is 0.964. The molecule has 0 spiro atoms. The molecule has 0 aliphatic carbocycles. The number of hydrogen-bond donors (Lipinski definition) is 1. The molecule has 0 radical (unpaired) electrons. The van der Waals surface area contributed by atoms with E-state index in [0.717, 1.165) is 0 Å². The predicted molar refractivity (Wildman–Crippen MR) is 59.5 cm³/mol. The fraction of sp³-hybridized carbons (Fsp3) is 0.200. The Morgan fingerprint density at radius 3 is 2.33 bits per heavy atom. The van der Waals surface area contributed by atoms with Crippen LogP contribution in [0.15, 0.2) is 24.3 Å². The predicted octanol–water partition coefficient (Wildman–Crippen LogP) is 1.88. The van der Waals surface area contributed by atoms with E-state index in [-0.39, 0.29) is 24.1 Å². The SMILES string of the molecule is O=C(CCl)NCC(=O)c1ccc(Cl)cc1. The van der Waals surface area contributed by atoms with Crippen molar-refractivity contribution in [3.8, 4) is 0 Å². The second-order valence-electron chi connectivity index (χ2n) is 2.84. The standard InChI is InChI=1S/C10H9Cl2NO2/c11-5-10(15)13-6-9(14)7-1-3-8(12)4-2-7/h1-4H,5-6H2,(H,13,15). The summed E-state index contributed by atoms with van der Waals surface area (Å²) in [5.74, 6) is -0.683. The van der Waals surface area contributed by atoms with Gasteiger partial charge < -0.3 is 5.32 Å². The molecule has 1 N–H and O–H groups in total. The molecule has 0 atom stereocenters. The van der Waals surface area contributed by atoms with Crippen LogP contribution in [0.25, 0.3) is 0 Å². The Morgan fingerprint density at radius 2 is 1.80 bits per heavy atom. The zero-order valence-electron chi connectivity index (χ0n) is 7.80. The Hall–Kier alpha value is -1.06. The van der Waals surface area contributed by atoms with Gasteiger partial charge in [-0.2, -0.15) is 0 Å². The molecule has 1 aromatic rings. The largest absolute Gasteiger partial charge is 0.348 e. The lowest BCUT2D eigenvalue weighted by Gasteiger charge is -2.02. The second kappa shape index (κ2) is 5.73. The van der Waals surface area contributed by atoms with Gasteiger partial charge in [0.25, 0.3) is 0 Å². The number of benzene rings is 1. The summed E-state index contributed by atoms with van der Waals surface area (Å²) in [5, 5.41) is 2.96. The first-order valence-corrected chi connectivity index (χ1v) is 5.16. The summed E-state index contributed by atoms with van der Waals surface area (Å²) in [6.45, 7) is -0.0484. The minimum atomic E-state index is -0.362. The van der Waals surface area contributed by atoms with Crippen LogP contribution in [-0.2, 0) is 4.79 Å². The van der Waals surface area contributed by atoms with Crippen LogP contribution in [0.1, 0.15) is 10.4 Å². The van der Waals surface area contributed by atoms with Crippen LogP contribution in [0.3, 0.4) is 0 Å². The topological polar surface area (TPSA) is 46.2 Å². The third-order valence-corrected chi connectivity index (χ3v) is 2.23. The zero-order chi connectivity index (χ0) is 11.3. The number of carbonyl (C=O) groups is 2. The maximum Gasteiger partial charge on any atom is 0.235 e. The summed E-state index contributed by atoms with van der Waals surface area (Å²) in [6.07, 6.45) is 0. The number of ketones is 1. The van der Waals surface area contributed by atoms with Crippen LogP contribution in [0.5, 0.6) is 0 Å². The Bertz CT molecular complexity index is 362. The van der Waals surface area contributed by atoms with Crippen LogP contribution in [0, 0.1) is 0 Å². The minimum absolute atomic E-state index is 0.0484. The molecule has 80 valence electrons. The molecular weight excluding hydrogens is 237 g/mol. The van der Waals surface area contributed by atoms with Crippen molar-refractivity contribution in [1.29, 1.82) is 0 Å². The van der Waals surface area contributed by atoms with Gasteiger partial charge in [-0.1, -0.05) is 11.6 Å². The average Bonchev–Trinajstić information content (AvgIpc) is 2.26. The molecule has 1 rings (SSSR count). The van der Waals surface area contributed by atoms with E-state index >= 15 is 0 Å². The van der Waals surface area contributed by atoms with Crippen LogP contribution in [-0.4, -0.2) is 24.1 Å². The molecule has 0 heterocycles. The summed E-state index contributed by atoms with van der Waals surface area (Å²) < 4.78 is 0. The molecule has 3 nitrogen and oxygen atoms in total. The van der Waals surface area contributed by atoms with E-state index in [1.54, 1.807) is 24.3 Å². The zero-order valence-corrected chi connectivity index (χ0v) is 9.31. The lowest BCUT2D eigenvalue weighted by molar-refractivity contribution is -0.118. The molecule has 0 unspecified atom stereocenters. The number of hydrogen-bond acceptors (Lipinski definition) is 2. The van der Waals surface area contributed by atoms with Crippen molar-refractivity contribution >= 4 is 34.9 Å². The van der Waals surface area contributed by atoms with Crippen molar-refractivity contribution in [2.75, 3.05) is 12.4 Å². The van der Waals surface area contributed by atoms with E-state index in [9.17, 15) is 9.59 Å². The van der Waals surface area contributed by atoms with Gasteiger partial charge in [-0.05, 0) is 24.3 Å². The number of halogens is 2. The summed E-state index contributed by atoms with van der Waals surface area (Å²) in [7, 11) is 0. The molecule has 0 aromatic heterocycles. The highest BCUT2D eigenvalue weighted by Crippen LogP contribution is 2.09. The van der Waals surface area contributed by atoms with Gasteiger partial charge in [-0.25, -0.2) is 0 Å². The van der Waals surface area contributed by atoms with Crippen molar-refractivity contribution in [1.82, 2.24) is 5.32 Å². The van der Waals surface area contributed by atoms with Crippen LogP contribution in [0.4, 0.5) is 0 Å². The third-order valence-electron chi connectivity index (χ3n) is 1.73. The summed E-state index contributed by atoms with van der Waals surface area (Å²) in [5.41, 5.74) is 0.509. The van der Waals surface area contributed by atoms with Gasteiger partial charge in [0.15, 0.2) is 5.78 Å². The number of alkyl halides is 1. The number of amides is 1. The highest BCUT2D eigenvalue weighted by Gasteiger charge is 2.06. The first-order valence-electron chi connectivity index (χ1n) is 4.25. The lowest BCUT2D eigenvalue weighted by atomic mass is 10.1. The first kappa shape index (κ1) is 12.0. The van der Waals surface area contributed by atoms with Crippen molar-refractivity contribution in [3.05, 3.63) is 34.9 Å². The number of nitrogens with one attached hydrogen (secondary N) is 1. The summed E-state index contributed by atoms with van der Waals surface area (Å²) in [6, 6.07) is 6.46. The lowest BCUT2D eigenvalue weighted by Crippen LogP contribution is -2.30. The van der Waals surface area contributed by atoms with Gasteiger partial charge in [0, 0.05) is 10.6 Å². The molecule has 0 bridgehead atoms. The van der Waals surface area contributed by atoms with Crippen LogP contribution >= 0.6 is 23.2 Å². The molecule has 0 aliphatic heterocycles. The van der Waals surface area contributed by atoms with E-state index < -0.39 is 0 Å². The summed E-state index contributed by atoms with van der Waals surface area (Å²) >= 11 is 10.9. The van der Waals surface area contributed by atoms with Crippen LogP contribution < -0.4 is 5.32 Å². The van der Waals surface area contributed by atoms with Gasteiger partial charge in [-0.3, -0.25) is 9.59 Å². The molecule has 5 heteroatoms. The van der Waals surface area contributed by atoms with Crippen molar-refractivity contribution in [3.63, 3.8) is 0 Å². The number of carbonyl (C=O) groups excluding carboxylic acids is 2. The van der Waals surface area contributed by atoms with Gasteiger partial charge in [0.05, 0.1) is 6.54 Å². The van der Waals surface area contributed by atoms with Gasteiger partial charge in [0.2, 0.25) is 5.91 Å². The Morgan fingerprint density at radius 1 is 1.20 bits per heavy atom. The normalized spacial score (nSPS) is 9.73. The van der Waals surface area contributed by atoms with E-state index in [4.69, 9.17) is 23.2 Å². The van der Waals surface area contributed by atoms with E-state index in [1.807, 2.05) is 0 Å².